The van der Waals surface area contributed by atoms with Gasteiger partial charge in [0.05, 0.1) is 6.04 Å². The number of nitrogens with one attached hydrogen (secondary N) is 2. The van der Waals surface area contributed by atoms with Crippen molar-refractivity contribution in [2.45, 2.75) is 19.4 Å². The zero-order valence-electron chi connectivity index (χ0n) is 14.2. The normalized spacial score (nSPS) is 16.0. The van der Waals surface area contributed by atoms with Gasteiger partial charge in [-0.1, -0.05) is 66.2 Å². The molecule has 2 nitrogen and oxygen atoms in total. The fraction of sp³-hybridized carbons (Fsp3) is 0.130. The second-order valence-corrected chi connectivity index (χ2v) is 6.88. The molecule has 0 spiro atoms. The molecule has 0 radical (unpaired) electrons. The lowest BCUT2D eigenvalue weighted by molar-refractivity contribution is 0.939. The van der Waals surface area contributed by atoms with E-state index in [0.29, 0.717) is 0 Å². The fourth-order valence-corrected chi connectivity index (χ4v) is 3.93. The Morgan fingerprint density at radius 3 is 2.48 bits per heavy atom. The Kier molecular flexibility index (Phi) is 3.17. The molecular formula is C23H20N2. The highest BCUT2D eigenvalue weighted by molar-refractivity contribution is 5.87. The maximum absolute atomic E-state index is 3.81. The van der Waals surface area contributed by atoms with Crippen LogP contribution in [0.5, 0.6) is 0 Å². The Hall–Kier alpha value is -3.00. The first-order valence-corrected chi connectivity index (χ1v) is 8.80. The Morgan fingerprint density at radius 1 is 0.840 bits per heavy atom. The van der Waals surface area contributed by atoms with E-state index < -0.39 is 0 Å². The van der Waals surface area contributed by atoms with Crippen LogP contribution in [0.1, 0.15) is 34.0 Å². The number of hydrogen-bond acceptors (Lipinski definition) is 1. The van der Waals surface area contributed by atoms with E-state index in [9.17, 15) is 0 Å². The number of anilines is 1. The lowest BCUT2D eigenvalue weighted by Crippen LogP contribution is -2.12. The Labute approximate surface area is 147 Å². The van der Waals surface area contributed by atoms with E-state index in [1.807, 2.05) is 0 Å². The molecule has 0 aliphatic carbocycles. The Morgan fingerprint density at radius 2 is 1.60 bits per heavy atom. The molecule has 25 heavy (non-hydrogen) atoms. The third-order valence-corrected chi connectivity index (χ3v) is 5.21. The second-order valence-electron chi connectivity index (χ2n) is 6.88. The minimum Gasteiger partial charge on any atom is -0.374 e. The molecule has 2 heterocycles. The summed E-state index contributed by atoms with van der Waals surface area (Å²) in [6, 6.07) is 26.3. The maximum atomic E-state index is 3.81. The number of para-hydroxylation sites is 2. The molecular weight excluding hydrogens is 304 g/mol. The largest absolute Gasteiger partial charge is 0.374 e. The molecule has 0 fully saturated rings. The zero-order chi connectivity index (χ0) is 16.8. The highest BCUT2D eigenvalue weighted by Gasteiger charge is 2.26. The smallest absolute Gasteiger partial charge is 0.0791 e. The van der Waals surface area contributed by atoms with Crippen molar-refractivity contribution in [1.82, 2.24) is 4.98 Å². The third-order valence-electron chi connectivity index (χ3n) is 5.21. The molecule has 0 saturated heterocycles. The summed E-state index contributed by atoms with van der Waals surface area (Å²) < 4.78 is 0. The summed E-state index contributed by atoms with van der Waals surface area (Å²) in [5.41, 5.74) is 9.04. The zero-order valence-corrected chi connectivity index (χ0v) is 14.2. The van der Waals surface area contributed by atoms with Crippen LogP contribution in [0.15, 0.2) is 72.8 Å². The first kappa shape index (κ1) is 14.4. The molecule has 1 aromatic heterocycles. The number of H-pyrrole nitrogens is 1. The monoisotopic (exact) mass is 324 g/mol. The van der Waals surface area contributed by atoms with Gasteiger partial charge in [-0.25, -0.2) is 0 Å². The van der Waals surface area contributed by atoms with E-state index >= 15 is 0 Å². The predicted molar refractivity (Wildman–Crippen MR) is 104 cm³/mol. The van der Waals surface area contributed by atoms with Crippen LogP contribution in [-0.4, -0.2) is 4.98 Å². The number of hydrogen-bond donors (Lipinski definition) is 2. The van der Waals surface area contributed by atoms with Crippen LogP contribution in [-0.2, 0) is 6.42 Å². The molecule has 1 unspecified atom stereocenters. The Bertz CT molecular complexity index is 1060. The van der Waals surface area contributed by atoms with E-state index in [0.717, 1.165) is 6.42 Å². The van der Waals surface area contributed by atoms with Crippen LogP contribution in [0.4, 0.5) is 5.69 Å². The first-order valence-electron chi connectivity index (χ1n) is 8.80. The van der Waals surface area contributed by atoms with Gasteiger partial charge in [-0.2, -0.15) is 0 Å². The molecule has 1 aliphatic rings. The first-order chi connectivity index (χ1) is 12.3. The second kappa shape index (κ2) is 5.52. The predicted octanol–water partition coefficient (Wildman–Crippen LogP) is 5.58. The molecule has 4 aromatic rings. The molecule has 2 heteroatoms. The van der Waals surface area contributed by atoms with Crippen LogP contribution < -0.4 is 5.32 Å². The summed E-state index contributed by atoms with van der Waals surface area (Å²) in [6.45, 7) is 2.14. The lowest BCUT2D eigenvalue weighted by Gasteiger charge is -2.20. The molecule has 122 valence electrons. The maximum Gasteiger partial charge on any atom is 0.0791 e. The SMILES string of the molecule is Cc1ccc(C2Nc3ccccc3Cc3[nH]c4ccccc4c32)cc1. The van der Waals surface area contributed by atoms with Gasteiger partial charge in [-0.3, -0.25) is 0 Å². The van der Waals surface area contributed by atoms with Crippen molar-refractivity contribution in [1.29, 1.82) is 0 Å². The quantitative estimate of drug-likeness (QED) is 0.470. The number of aromatic amines is 1. The summed E-state index contributed by atoms with van der Waals surface area (Å²) in [5.74, 6) is 0. The molecule has 0 bridgehead atoms. The van der Waals surface area contributed by atoms with E-state index in [2.05, 4.69) is 90.0 Å². The van der Waals surface area contributed by atoms with Gasteiger partial charge in [-0.05, 0) is 30.2 Å². The lowest BCUT2D eigenvalue weighted by atomic mass is 9.95. The number of aryl methyl sites for hydroxylation is 1. The van der Waals surface area contributed by atoms with E-state index in [4.69, 9.17) is 0 Å². The highest BCUT2D eigenvalue weighted by atomic mass is 14.9. The van der Waals surface area contributed by atoms with Gasteiger partial charge in [0.15, 0.2) is 0 Å². The number of fused-ring (bicyclic) bond motifs is 4. The molecule has 0 saturated carbocycles. The van der Waals surface area contributed by atoms with Gasteiger partial charge in [-0.15, -0.1) is 0 Å². The van der Waals surface area contributed by atoms with Crippen molar-refractivity contribution in [3.63, 3.8) is 0 Å². The summed E-state index contributed by atoms with van der Waals surface area (Å²) in [4.78, 5) is 3.67. The van der Waals surface area contributed by atoms with Gasteiger partial charge >= 0.3 is 0 Å². The van der Waals surface area contributed by atoms with E-state index in [1.54, 1.807) is 0 Å². The van der Waals surface area contributed by atoms with Gasteiger partial charge in [0.1, 0.15) is 0 Å². The fourth-order valence-electron chi connectivity index (χ4n) is 3.93. The molecule has 0 amide bonds. The molecule has 5 rings (SSSR count). The summed E-state index contributed by atoms with van der Waals surface area (Å²) in [5, 5.41) is 5.12. The summed E-state index contributed by atoms with van der Waals surface area (Å²) in [6.07, 6.45) is 0.926. The van der Waals surface area contributed by atoms with Gasteiger partial charge in [0.25, 0.3) is 0 Å². The molecule has 2 N–H and O–H groups in total. The van der Waals surface area contributed by atoms with Crippen LogP contribution in [0.2, 0.25) is 0 Å². The summed E-state index contributed by atoms with van der Waals surface area (Å²) in [7, 11) is 0. The highest BCUT2D eigenvalue weighted by Crippen LogP contribution is 2.39. The van der Waals surface area contributed by atoms with Crippen LogP contribution in [0.25, 0.3) is 10.9 Å². The molecule has 3 aromatic carbocycles. The topological polar surface area (TPSA) is 27.8 Å². The number of aromatic nitrogens is 1. The van der Waals surface area contributed by atoms with E-state index in [-0.39, 0.29) is 6.04 Å². The van der Waals surface area contributed by atoms with Crippen molar-refractivity contribution in [2.75, 3.05) is 5.32 Å². The number of benzene rings is 3. The summed E-state index contributed by atoms with van der Waals surface area (Å²) >= 11 is 0. The van der Waals surface area contributed by atoms with Crippen LogP contribution in [0.3, 0.4) is 0 Å². The minimum absolute atomic E-state index is 0.149. The Balaban J connectivity index is 1.78. The molecule has 1 aliphatic heterocycles. The minimum atomic E-state index is 0.149. The van der Waals surface area contributed by atoms with Gasteiger partial charge in [0.2, 0.25) is 0 Å². The van der Waals surface area contributed by atoms with Crippen LogP contribution in [0, 0.1) is 6.92 Å². The van der Waals surface area contributed by atoms with Crippen molar-refractivity contribution in [3.8, 4) is 0 Å². The van der Waals surface area contributed by atoms with Crippen molar-refractivity contribution >= 4 is 16.6 Å². The standard InChI is InChI=1S/C23H20N2/c1-15-10-12-16(13-11-15)23-22-18-7-3-5-9-20(18)24-21(22)14-17-6-2-4-8-19(17)25-23/h2-13,23-25H,14H2,1H3. The third kappa shape index (κ3) is 2.33. The van der Waals surface area contributed by atoms with Crippen molar-refractivity contribution < 1.29 is 0 Å². The van der Waals surface area contributed by atoms with Gasteiger partial charge < -0.3 is 10.3 Å². The molecule has 1 atom stereocenters. The van der Waals surface area contributed by atoms with Crippen molar-refractivity contribution in [2.24, 2.45) is 0 Å². The number of rotatable bonds is 1. The van der Waals surface area contributed by atoms with Crippen LogP contribution >= 0.6 is 0 Å². The van der Waals surface area contributed by atoms with Crippen molar-refractivity contribution in [3.05, 3.63) is 101 Å². The van der Waals surface area contributed by atoms with E-state index in [1.165, 1.54) is 44.5 Å². The van der Waals surface area contributed by atoms with Gasteiger partial charge in [0, 0.05) is 34.3 Å². The average Bonchev–Trinajstić information content (AvgIpc) is 2.91. The average molecular weight is 324 g/mol.